The molecular weight excluding hydrogens is 407 g/mol. The molecule has 25 heavy (non-hydrogen) atoms. The number of nitrogens with one attached hydrogen (secondary N) is 2. The molecule has 0 heterocycles. The second kappa shape index (κ2) is 8.87. The Morgan fingerprint density at radius 3 is 2.40 bits per heavy atom. The van der Waals surface area contributed by atoms with Crippen LogP contribution in [-0.4, -0.2) is 20.9 Å². The van der Waals surface area contributed by atoms with E-state index in [9.17, 15) is 13.2 Å². The van der Waals surface area contributed by atoms with Crippen molar-refractivity contribution in [3.63, 3.8) is 0 Å². The zero-order valence-corrected chi connectivity index (χ0v) is 16.0. The van der Waals surface area contributed by atoms with E-state index in [1.807, 2.05) is 0 Å². The number of sulfonamides is 1. The second-order valence-electron chi connectivity index (χ2n) is 5.12. The highest BCUT2D eigenvalue weighted by molar-refractivity contribution is 7.89. The minimum Gasteiger partial charge on any atom is -0.352 e. The van der Waals surface area contributed by atoms with Crippen LogP contribution in [0.4, 0.5) is 0 Å². The summed E-state index contributed by atoms with van der Waals surface area (Å²) in [4.78, 5) is 11.9. The first-order valence-electron chi connectivity index (χ1n) is 7.24. The molecule has 134 valence electrons. The van der Waals surface area contributed by atoms with Crippen LogP contribution < -0.4 is 10.0 Å². The van der Waals surface area contributed by atoms with Gasteiger partial charge >= 0.3 is 0 Å². The lowest BCUT2D eigenvalue weighted by Crippen LogP contribution is -2.30. The van der Waals surface area contributed by atoms with Crippen LogP contribution in [0.15, 0.2) is 47.4 Å². The molecule has 9 heteroatoms. The van der Waals surface area contributed by atoms with E-state index in [1.54, 1.807) is 30.3 Å². The van der Waals surface area contributed by atoms with Crippen LogP contribution in [0.2, 0.25) is 15.1 Å². The van der Waals surface area contributed by atoms with Gasteiger partial charge in [-0.3, -0.25) is 4.79 Å². The molecule has 2 aromatic carbocycles. The summed E-state index contributed by atoms with van der Waals surface area (Å²) in [5.41, 5.74) is 0.721. The number of rotatable bonds is 7. The van der Waals surface area contributed by atoms with Crippen molar-refractivity contribution >= 4 is 50.7 Å². The first kappa shape index (κ1) is 20.0. The van der Waals surface area contributed by atoms with Crippen LogP contribution in [-0.2, 0) is 21.4 Å². The van der Waals surface area contributed by atoms with E-state index in [4.69, 9.17) is 34.8 Å². The van der Waals surface area contributed by atoms with Gasteiger partial charge in [-0.15, -0.1) is 0 Å². The van der Waals surface area contributed by atoms with Gasteiger partial charge in [-0.2, -0.15) is 0 Å². The quantitative estimate of drug-likeness (QED) is 0.717. The minimum absolute atomic E-state index is 0.00892. The third kappa shape index (κ3) is 6.17. The maximum absolute atomic E-state index is 12.1. The Balaban J connectivity index is 1.82. The van der Waals surface area contributed by atoms with Crippen LogP contribution >= 0.6 is 34.8 Å². The maximum Gasteiger partial charge on any atom is 0.240 e. The number of hydrogen-bond donors (Lipinski definition) is 2. The zero-order chi connectivity index (χ0) is 18.4. The molecule has 0 aliphatic carbocycles. The molecule has 0 spiro atoms. The highest BCUT2D eigenvalue weighted by Crippen LogP contribution is 2.20. The molecular formula is C16H15Cl3N2O3S. The van der Waals surface area contributed by atoms with Gasteiger partial charge in [-0.05, 0) is 35.9 Å². The van der Waals surface area contributed by atoms with Gasteiger partial charge in [0.15, 0.2) is 0 Å². The van der Waals surface area contributed by atoms with Crippen LogP contribution in [0.1, 0.15) is 12.0 Å². The molecule has 0 saturated carbocycles. The Morgan fingerprint density at radius 2 is 1.72 bits per heavy atom. The van der Waals surface area contributed by atoms with Crippen molar-refractivity contribution < 1.29 is 13.2 Å². The predicted octanol–water partition coefficient (Wildman–Crippen LogP) is 3.63. The summed E-state index contributed by atoms with van der Waals surface area (Å²) >= 11 is 17.6. The van der Waals surface area contributed by atoms with Gasteiger partial charge in [0.1, 0.15) is 0 Å². The summed E-state index contributed by atoms with van der Waals surface area (Å²) in [7, 11) is -3.71. The monoisotopic (exact) mass is 420 g/mol. The standard InChI is InChI=1S/C16H15Cl3N2O3S/c17-12-2-1-3-14(8-12)25(23,24)21-7-6-16(22)20-10-11-4-5-13(18)9-15(11)19/h1-5,8-9,21H,6-7,10H2,(H,20,22). The molecule has 2 N–H and O–H groups in total. The minimum atomic E-state index is -3.71. The number of carbonyl (C=O) groups is 1. The number of benzene rings is 2. The van der Waals surface area contributed by atoms with Crippen LogP contribution in [0.3, 0.4) is 0 Å². The van der Waals surface area contributed by atoms with Crippen molar-refractivity contribution in [2.45, 2.75) is 17.9 Å². The predicted molar refractivity (Wildman–Crippen MR) is 99.6 cm³/mol. The van der Waals surface area contributed by atoms with Crippen LogP contribution in [0.5, 0.6) is 0 Å². The number of carbonyl (C=O) groups excluding carboxylic acids is 1. The number of amides is 1. The maximum atomic E-state index is 12.1. The lowest BCUT2D eigenvalue weighted by Gasteiger charge is -2.09. The van der Waals surface area contributed by atoms with Crippen molar-refractivity contribution in [3.05, 3.63) is 63.1 Å². The Kier molecular flexibility index (Phi) is 7.10. The fourth-order valence-corrected chi connectivity index (χ4v) is 3.77. The molecule has 0 radical (unpaired) electrons. The molecule has 0 saturated heterocycles. The van der Waals surface area contributed by atoms with Gasteiger partial charge < -0.3 is 5.32 Å². The summed E-state index contributed by atoms with van der Waals surface area (Å²) in [6, 6.07) is 10.9. The lowest BCUT2D eigenvalue weighted by atomic mass is 10.2. The molecule has 0 atom stereocenters. The van der Waals surface area contributed by atoms with Crippen molar-refractivity contribution in [1.82, 2.24) is 10.0 Å². The van der Waals surface area contributed by atoms with Gasteiger partial charge in [0.2, 0.25) is 15.9 Å². The molecule has 0 aromatic heterocycles. The van der Waals surface area contributed by atoms with Gasteiger partial charge in [0.05, 0.1) is 4.90 Å². The van der Waals surface area contributed by atoms with Gasteiger partial charge in [0.25, 0.3) is 0 Å². The van der Waals surface area contributed by atoms with Crippen molar-refractivity contribution in [1.29, 1.82) is 0 Å². The van der Waals surface area contributed by atoms with E-state index in [0.717, 1.165) is 5.56 Å². The van der Waals surface area contributed by atoms with E-state index < -0.39 is 10.0 Å². The molecule has 5 nitrogen and oxygen atoms in total. The molecule has 2 aromatic rings. The average Bonchev–Trinajstić information content (AvgIpc) is 2.54. The molecule has 1 amide bonds. The Morgan fingerprint density at radius 1 is 1.00 bits per heavy atom. The third-order valence-electron chi connectivity index (χ3n) is 3.24. The molecule has 0 aliphatic rings. The summed E-state index contributed by atoms with van der Waals surface area (Å²) in [6.07, 6.45) is -0.00892. The number of halogens is 3. The van der Waals surface area contributed by atoms with E-state index in [-0.39, 0.29) is 30.3 Å². The fourth-order valence-electron chi connectivity index (χ4n) is 1.96. The van der Waals surface area contributed by atoms with E-state index in [0.29, 0.717) is 15.1 Å². The summed E-state index contributed by atoms with van der Waals surface area (Å²) < 4.78 is 26.5. The fraction of sp³-hybridized carbons (Fsp3) is 0.188. The van der Waals surface area contributed by atoms with Crippen LogP contribution in [0, 0.1) is 0 Å². The smallest absolute Gasteiger partial charge is 0.240 e. The van der Waals surface area contributed by atoms with Gasteiger partial charge in [-0.1, -0.05) is 46.9 Å². The summed E-state index contributed by atoms with van der Waals surface area (Å²) in [5, 5.41) is 3.95. The number of hydrogen-bond acceptors (Lipinski definition) is 3. The van der Waals surface area contributed by atoms with Crippen LogP contribution in [0.25, 0.3) is 0 Å². The highest BCUT2D eigenvalue weighted by atomic mass is 35.5. The topological polar surface area (TPSA) is 75.3 Å². The van der Waals surface area contributed by atoms with E-state index >= 15 is 0 Å². The molecule has 0 bridgehead atoms. The highest BCUT2D eigenvalue weighted by Gasteiger charge is 2.14. The first-order chi connectivity index (χ1) is 11.8. The molecule has 0 unspecified atom stereocenters. The summed E-state index contributed by atoms with van der Waals surface area (Å²) in [6.45, 7) is 0.199. The largest absolute Gasteiger partial charge is 0.352 e. The Hall–Kier alpha value is -1.31. The third-order valence-corrected chi connectivity index (χ3v) is 5.52. The zero-order valence-electron chi connectivity index (χ0n) is 12.9. The molecule has 0 aliphatic heterocycles. The first-order valence-corrected chi connectivity index (χ1v) is 9.85. The van der Waals surface area contributed by atoms with Crippen molar-refractivity contribution in [2.75, 3.05) is 6.54 Å². The van der Waals surface area contributed by atoms with Gasteiger partial charge in [0, 0.05) is 34.6 Å². The normalized spacial score (nSPS) is 11.3. The van der Waals surface area contributed by atoms with Crippen molar-refractivity contribution in [2.24, 2.45) is 0 Å². The SMILES string of the molecule is O=C(CCNS(=O)(=O)c1cccc(Cl)c1)NCc1ccc(Cl)cc1Cl. The van der Waals surface area contributed by atoms with E-state index in [2.05, 4.69) is 10.0 Å². The Bertz CT molecular complexity index is 873. The van der Waals surface area contributed by atoms with Gasteiger partial charge in [-0.25, -0.2) is 13.1 Å². The molecule has 2 rings (SSSR count). The average molecular weight is 422 g/mol. The lowest BCUT2D eigenvalue weighted by molar-refractivity contribution is -0.121. The summed E-state index contributed by atoms with van der Waals surface area (Å²) in [5.74, 6) is -0.306. The van der Waals surface area contributed by atoms with Crippen molar-refractivity contribution in [3.8, 4) is 0 Å². The Labute approximate surface area is 161 Å². The second-order valence-corrected chi connectivity index (χ2v) is 8.16. The van der Waals surface area contributed by atoms with E-state index in [1.165, 1.54) is 12.1 Å². The molecule has 0 fully saturated rings.